The molecule has 1 fully saturated rings. The zero-order chi connectivity index (χ0) is 14.5. The minimum Gasteiger partial charge on any atom is -0.491 e. The maximum Gasteiger partial charge on any atom is 0.325 e. The molecule has 0 aliphatic carbocycles. The van der Waals surface area contributed by atoms with Crippen LogP contribution in [0.1, 0.15) is 25.5 Å². The molecule has 0 bridgehead atoms. The number of carboxylic acids is 1. The van der Waals surface area contributed by atoms with Crippen LogP contribution in [0.15, 0.2) is 24.3 Å². The fraction of sp³-hybridized carbons (Fsp3) is 0.533. The Balaban J connectivity index is 2.22. The summed E-state index contributed by atoms with van der Waals surface area (Å²) in [5.74, 6) is -0.0903. The van der Waals surface area contributed by atoms with Gasteiger partial charge in [-0.3, -0.25) is 9.69 Å². The normalized spacial score (nSPS) is 17.9. The third-order valence-electron chi connectivity index (χ3n) is 3.30. The topological polar surface area (TPSA) is 61.8 Å². The molecule has 0 aromatic heterocycles. The van der Waals surface area contributed by atoms with Gasteiger partial charge >= 0.3 is 5.97 Å². The van der Waals surface area contributed by atoms with Gasteiger partial charge in [0.25, 0.3) is 0 Å². The van der Waals surface area contributed by atoms with E-state index in [2.05, 4.69) is 5.32 Å². The van der Waals surface area contributed by atoms with E-state index in [9.17, 15) is 9.90 Å². The van der Waals surface area contributed by atoms with Crippen LogP contribution in [0.25, 0.3) is 0 Å². The lowest BCUT2D eigenvalue weighted by Crippen LogP contribution is -2.47. The van der Waals surface area contributed by atoms with Crippen molar-refractivity contribution >= 4 is 5.97 Å². The lowest BCUT2D eigenvalue weighted by atomic mass is 10.0. The van der Waals surface area contributed by atoms with E-state index in [1.165, 1.54) is 0 Å². The summed E-state index contributed by atoms with van der Waals surface area (Å²) in [6, 6.07) is 6.80. The van der Waals surface area contributed by atoms with Crippen LogP contribution in [0, 0.1) is 0 Å². The van der Waals surface area contributed by atoms with Crippen molar-refractivity contribution in [2.75, 3.05) is 26.2 Å². The van der Waals surface area contributed by atoms with Crippen LogP contribution in [-0.2, 0) is 4.79 Å². The number of carbonyl (C=O) groups is 1. The zero-order valence-electron chi connectivity index (χ0n) is 12.0. The molecule has 1 aromatic rings. The second-order valence-electron chi connectivity index (χ2n) is 5.27. The highest BCUT2D eigenvalue weighted by Crippen LogP contribution is 2.25. The lowest BCUT2D eigenvalue weighted by molar-refractivity contribution is -0.143. The standard InChI is InChI=1S/C15H22N2O3/c1-11(2)20-13-5-3-4-12(10-13)14(15(18)19)17-8-6-16-7-9-17/h3-5,10-11,14,16H,6-9H2,1-2H3,(H,18,19). The maximum absolute atomic E-state index is 11.6. The number of nitrogens with one attached hydrogen (secondary N) is 1. The van der Waals surface area contributed by atoms with Gasteiger partial charge < -0.3 is 15.2 Å². The quantitative estimate of drug-likeness (QED) is 0.855. The molecule has 1 aromatic carbocycles. The minimum absolute atomic E-state index is 0.0766. The first-order valence-corrected chi connectivity index (χ1v) is 7.02. The Morgan fingerprint density at radius 1 is 1.35 bits per heavy atom. The van der Waals surface area contributed by atoms with Gasteiger partial charge in [0.05, 0.1) is 6.10 Å². The van der Waals surface area contributed by atoms with Crippen molar-refractivity contribution in [3.05, 3.63) is 29.8 Å². The summed E-state index contributed by atoms with van der Waals surface area (Å²) in [4.78, 5) is 13.6. The summed E-state index contributed by atoms with van der Waals surface area (Å²) in [5.41, 5.74) is 0.776. The maximum atomic E-state index is 11.6. The first kappa shape index (κ1) is 14.8. The van der Waals surface area contributed by atoms with Crippen LogP contribution in [0.2, 0.25) is 0 Å². The monoisotopic (exact) mass is 278 g/mol. The molecule has 0 saturated carbocycles. The first-order valence-electron chi connectivity index (χ1n) is 7.02. The van der Waals surface area contributed by atoms with Crippen molar-refractivity contribution in [1.29, 1.82) is 0 Å². The molecular weight excluding hydrogens is 256 g/mol. The largest absolute Gasteiger partial charge is 0.491 e. The Kier molecular flexibility index (Phi) is 4.98. The molecule has 1 aliphatic heterocycles. The Bertz CT molecular complexity index is 456. The van der Waals surface area contributed by atoms with E-state index in [0.717, 1.165) is 37.5 Å². The fourth-order valence-electron chi connectivity index (χ4n) is 2.48. The SMILES string of the molecule is CC(C)Oc1cccc(C(C(=O)O)N2CCNCC2)c1. The van der Waals surface area contributed by atoms with Gasteiger partial charge in [0.1, 0.15) is 11.8 Å². The Morgan fingerprint density at radius 3 is 2.65 bits per heavy atom. The number of ether oxygens (including phenoxy) is 1. The lowest BCUT2D eigenvalue weighted by Gasteiger charge is -2.32. The Morgan fingerprint density at radius 2 is 2.05 bits per heavy atom. The number of rotatable bonds is 5. The summed E-state index contributed by atoms with van der Waals surface area (Å²) >= 11 is 0. The highest BCUT2D eigenvalue weighted by atomic mass is 16.5. The summed E-state index contributed by atoms with van der Waals surface area (Å²) in [7, 11) is 0. The third-order valence-corrected chi connectivity index (χ3v) is 3.30. The van der Waals surface area contributed by atoms with Crippen LogP contribution >= 0.6 is 0 Å². The number of piperazine rings is 1. The van der Waals surface area contributed by atoms with Crippen molar-refractivity contribution in [2.24, 2.45) is 0 Å². The molecule has 0 spiro atoms. The number of benzene rings is 1. The zero-order valence-corrected chi connectivity index (χ0v) is 12.0. The van der Waals surface area contributed by atoms with Gasteiger partial charge in [0.15, 0.2) is 0 Å². The molecule has 2 rings (SSSR count). The van der Waals surface area contributed by atoms with Crippen LogP contribution in [-0.4, -0.2) is 48.3 Å². The highest BCUT2D eigenvalue weighted by Gasteiger charge is 2.28. The average molecular weight is 278 g/mol. The number of nitrogens with zero attached hydrogens (tertiary/aromatic N) is 1. The van der Waals surface area contributed by atoms with Crippen LogP contribution < -0.4 is 10.1 Å². The predicted octanol–water partition coefficient (Wildman–Crippen LogP) is 1.50. The van der Waals surface area contributed by atoms with E-state index in [0.29, 0.717) is 0 Å². The van der Waals surface area contributed by atoms with Crippen molar-refractivity contribution in [1.82, 2.24) is 10.2 Å². The molecule has 1 heterocycles. The number of hydrogen-bond acceptors (Lipinski definition) is 4. The molecular formula is C15H22N2O3. The first-order chi connectivity index (χ1) is 9.58. The molecule has 20 heavy (non-hydrogen) atoms. The van der Waals surface area contributed by atoms with Gasteiger partial charge in [0.2, 0.25) is 0 Å². The summed E-state index contributed by atoms with van der Waals surface area (Å²) < 4.78 is 5.65. The molecule has 110 valence electrons. The van der Waals surface area contributed by atoms with E-state index in [1.807, 2.05) is 43.0 Å². The van der Waals surface area contributed by atoms with E-state index in [-0.39, 0.29) is 6.10 Å². The molecule has 2 N–H and O–H groups in total. The fourth-order valence-corrected chi connectivity index (χ4v) is 2.48. The highest BCUT2D eigenvalue weighted by molar-refractivity contribution is 5.75. The summed E-state index contributed by atoms with van der Waals surface area (Å²) in [5, 5.41) is 12.8. The van der Waals surface area contributed by atoms with Crippen molar-refractivity contribution in [3.63, 3.8) is 0 Å². The third kappa shape index (κ3) is 3.71. The molecule has 1 saturated heterocycles. The van der Waals surface area contributed by atoms with E-state index < -0.39 is 12.0 Å². The summed E-state index contributed by atoms with van der Waals surface area (Å²) in [6.07, 6.45) is 0.0766. The van der Waals surface area contributed by atoms with Crippen molar-refractivity contribution < 1.29 is 14.6 Å². The molecule has 1 atom stereocenters. The van der Waals surface area contributed by atoms with E-state index >= 15 is 0 Å². The van der Waals surface area contributed by atoms with E-state index in [4.69, 9.17) is 4.74 Å². The Labute approximate surface area is 119 Å². The smallest absolute Gasteiger partial charge is 0.325 e. The number of aliphatic carboxylic acids is 1. The molecule has 5 nitrogen and oxygen atoms in total. The van der Waals surface area contributed by atoms with Crippen LogP contribution in [0.4, 0.5) is 0 Å². The van der Waals surface area contributed by atoms with Gasteiger partial charge in [-0.05, 0) is 31.5 Å². The van der Waals surface area contributed by atoms with Gasteiger partial charge in [-0.25, -0.2) is 0 Å². The van der Waals surface area contributed by atoms with Crippen molar-refractivity contribution in [2.45, 2.75) is 26.0 Å². The van der Waals surface area contributed by atoms with E-state index in [1.54, 1.807) is 0 Å². The minimum atomic E-state index is -0.811. The number of hydrogen-bond donors (Lipinski definition) is 2. The Hall–Kier alpha value is -1.59. The van der Waals surface area contributed by atoms with Crippen LogP contribution in [0.5, 0.6) is 5.75 Å². The average Bonchev–Trinajstić information content (AvgIpc) is 2.39. The van der Waals surface area contributed by atoms with Gasteiger partial charge in [0, 0.05) is 26.2 Å². The van der Waals surface area contributed by atoms with Gasteiger partial charge in [-0.15, -0.1) is 0 Å². The summed E-state index contributed by atoms with van der Waals surface area (Å²) in [6.45, 7) is 7.05. The molecule has 0 amide bonds. The van der Waals surface area contributed by atoms with Crippen LogP contribution in [0.3, 0.4) is 0 Å². The number of carboxylic acid groups (broad SMARTS) is 1. The second-order valence-corrected chi connectivity index (χ2v) is 5.27. The van der Waals surface area contributed by atoms with Gasteiger partial charge in [-0.2, -0.15) is 0 Å². The second kappa shape index (κ2) is 6.72. The molecule has 1 unspecified atom stereocenters. The molecule has 1 aliphatic rings. The molecule has 5 heteroatoms. The predicted molar refractivity (Wildman–Crippen MR) is 77.0 cm³/mol. The van der Waals surface area contributed by atoms with Gasteiger partial charge in [-0.1, -0.05) is 12.1 Å². The molecule has 0 radical (unpaired) electrons. The van der Waals surface area contributed by atoms with Crippen molar-refractivity contribution in [3.8, 4) is 5.75 Å².